The topological polar surface area (TPSA) is 12.0 Å². The Morgan fingerprint density at radius 2 is 1.87 bits per heavy atom. The lowest BCUT2D eigenvalue weighted by Gasteiger charge is -2.39. The quantitative estimate of drug-likeness (QED) is 0.239. The summed E-state index contributed by atoms with van der Waals surface area (Å²) in [5.41, 5.74) is 0.773. The van der Waals surface area contributed by atoms with Gasteiger partial charge >= 0.3 is 12.4 Å². The van der Waals surface area contributed by atoms with E-state index in [0.717, 1.165) is 23.8 Å². The number of alkyl halides is 6. The molecule has 4 unspecified atom stereocenters. The highest BCUT2D eigenvalue weighted by atomic mass is 32.2. The molecular formula is C23H31F6NS. The Kier molecular flexibility index (Phi) is 8.96. The fraction of sp³-hybridized carbons (Fsp3) is 0.652. The molecule has 0 radical (unpaired) electrons. The fourth-order valence-electron chi connectivity index (χ4n) is 4.66. The van der Waals surface area contributed by atoms with Crippen LogP contribution in [0.4, 0.5) is 26.3 Å². The van der Waals surface area contributed by atoms with E-state index in [9.17, 15) is 26.3 Å². The Bertz CT molecular complexity index is 743. The van der Waals surface area contributed by atoms with E-state index in [0.29, 0.717) is 24.8 Å². The molecule has 1 nitrogen and oxygen atoms in total. The van der Waals surface area contributed by atoms with Crippen molar-refractivity contribution in [3.05, 3.63) is 41.5 Å². The molecule has 1 heterocycles. The summed E-state index contributed by atoms with van der Waals surface area (Å²) >= 11 is 1.07. The number of rotatable bonds is 8. The molecule has 1 aliphatic heterocycles. The first kappa shape index (κ1) is 26.1. The number of hydrogen-bond acceptors (Lipinski definition) is 2. The van der Waals surface area contributed by atoms with Crippen LogP contribution in [-0.4, -0.2) is 24.5 Å². The molecule has 2 rings (SSSR count). The van der Waals surface area contributed by atoms with Gasteiger partial charge in [0.25, 0.3) is 0 Å². The molecule has 0 amide bonds. The highest BCUT2D eigenvalue weighted by Crippen LogP contribution is 2.39. The third-order valence-corrected chi connectivity index (χ3v) is 6.85. The zero-order valence-corrected chi connectivity index (χ0v) is 19.0. The minimum atomic E-state index is -4.40. The van der Waals surface area contributed by atoms with E-state index in [-0.39, 0.29) is 35.2 Å². The van der Waals surface area contributed by atoms with Crippen molar-refractivity contribution in [1.29, 1.82) is 0 Å². The lowest BCUT2D eigenvalue weighted by Crippen LogP contribution is -2.46. The first-order valence-corrected chi connectivity index (χ1v) is 11.7. The summed E-state index contributed by atoms with van der Waals surface area (Å²) in [6, 6.07) is 4.65. The summed E-state index contributed by atoms with van der Waals surface area (Å²) in [6.45, 7) is 7.72. The first-order valence-electron chi connectivity index (χ1n) is 10.5. The third-order valence-electron chi connectivity index (χ3n) is 6.06. The minimum Gasteiger partial charge on any atom is -0.311 e. The summed E-state index contributed by atoms with van der Waals surface area (Å²) in [7, 11) is 0. The van der Waals surface area contributed by atoms with Gasteiger partial charge in [-0.25, -0.2) is 0 Å². The van der Waals surface area contributed by atoms with Gasteiger partial charge in [0, 0.05) is 23.4 Å². The predicted molar refractivity (Wildman–Crippen MR) is 114 cm³/mol. The van der Waals surface area contributed by atoms with Crippen LogP contribution >= 0.6 is 11.8 Å². The van der Waals surface area contributed by atoms with Gasteiger partial charge < -0.3 is 5.32 Å². The third kappa shape index (κ3) is 8.04. The second kappa shape index (κ2) is 10.6. The van der Waals surface area contributed by atoms with E-state index >= 15 is 0 Å². The minimum absolute atomic E-state index is 0.0357. The molecule has 0 aromatic heterocycles. The first-order chi connectivity index (χ1) is 14.3. The summed E-state index contributed by atoms with van der Waals surface area (Å²) in [4.78, 5) is 0.203. The molecule has 1 N–H and O–H groups in total. The number of allylic oxidation sites excluding steroid dienone is 1. The van der Waals surface area contributed by atoms with Gasteiger partial charge in [0.2, 0.25) is 0 Å². The average molecular weight is 468 g/mol. The van der Waals surface area contributed by atoms with E-state index in [1.165, 1.54) is 12.1 Å². The zero-order chi connectivity index (χ0) is 23.4. The molecule has 0 bridgehead atoms. The van der Waals surface area contributed by atoms with Crippen LogP contribution in [0.2, 0.25) is 0 Å². The molecule has 0 spiro atoms. The monoisotopic (exact) mass is 467 g/mol. The largest absolute Gasteiger partial charge is 0.417 e. The highest BCUT2D eigenvalue weighted by molar-refractivity contribution is 7.98. The zero-order valence-electron chi connectivity index (χ0n) is 18.2. The van der Waals surface area contributed by atoms with E-state index < -0.39 is 24.3 Å². The smallest absolute Gasteiger partial charge is 0.311 e. The highest BCUT2D eigenvalue weighted by Gasteiger charge is 2.36. The van der Waals surface area contributed by atoms with Gasteiger partial charge in [0.15, 0.2) is 0 Å². The molecular weight excluding hydrogens is 436 g/mol. The van der Waals surface area contributed by atoms with Crippen molar-refractivity contribution in [2.45, 2.75) is 81.7 Å². The van der Waals surface area contributed by atoms with Crippen molar-refractivity contribution in [1.82, 2.24) is 5.32 Å². The number of hydrogen-bond donors (Lipinski definition) is 1. The van der Waals surface area contributed by atoms with Gasteiger partial charge in [0.1, 0.15) is 0 Å². The second-order valence-corrected chi connectivity index (χ2v) is 9.52. The van der Waals surface area contributed by atoms with Crippen LogP contribution in [0.1, 0.15) is 57.1 Å². The molecule has 1 aromatic carbocycles. The summed E-state index contributed by atoms with van der Waals surface area (Å²) in [5.74, 6) is -0.114. The molecule has 0 aliphatic carbocycles. The van der Waals surface area contributed by atoms with Gasteiger partial charge in [-0.2, -0.15) is 26.3 Å². The van der Waals surface area contributed by atoms with Gasteiger partial charge in [-0.1, -0.05) is 18.2 Å². The van der Waals surface area contributed by atoms with Gasteiger partial charge in [-0.15, -0.1) is 11.8 Å². The van der Waals surface area contributed by atoms with Crippen LogP contribution in [0.25, 0.3) is 0 Å². The molecule has 0 saturated carbocycles. The summed E-state index contributed by atoms with van der Waals surface area (Å²) in [5, 5.41) is 3.47. The van der Waals surface area contributed by atoms with E-state index in [2.05, 4.69) is 11.9 Å². The van der Waals surface area contributed by atoms with Crippen molar-refractivity contribution in [3.63, 3.8) is 0 Å². The molecule has 8 heteroatoms. The summed E-state index contributed by atoms with van der Waals surface area (Å²) in [6.07, 6.45) is -5.16. The van der Waals surface area contributed by atoms with Crippen molar-refractivity contribution >= 4 is 11.8 Å². The number of benzene rings is 1. The Labute approximate surface area is 185 Å². The number of piperidine rings is 1. The maximum atomic E-state index is 13.3. The normalized spacial score (nSPS) is 23.6. The Hall–Kier alpha value is -1.15. The average Bonchev–Trinajstić information content (AvgIpc) is 2.64. The van der Waals surface area contributed by atoms with Crippen molar-refractivity contribution < 1.29 is 26.3 Å². The maximum Gasteiger partial charge on any atom is 0.417 e. The van der Waals surface area contributed by atoms with Gasteiger partial charge in [-0.05, 0) is 81.7 Å². The van der Waals surface area contributed by atoms with Crippen LogP contribution in [0.15, 0.2) is 35.2 Å². The molecule has 1 fully saturated rings. The molecule has 4 atom stereocenters. The predicted octanol–water partition coefficient (Wildman–Crippen LogP) is 7.65. The van der Waals surface area contributed by atoms with E-state index in [4.69, 9.17) is 0 Å². The lowest BCUT2D eigenvalue weighted by molar-refractivity contribution is -0.140. The van der Waals surface area contributed by atoms with Crippen molar-refractivity contribution in [3.8, 4) is 0 Å². The molecule has 1 saturated heterocycles. The van der Waals surface area contributed by atoms with Crippen molar-refractivity contribution in [2.24, 2.45) is 11.8 Å². The van der Waals surface area contributed by atoms with E-state index in [1.54, 1.807) is 19.2 Å². The fourth-order valence-corrected chi connectivity index (χ4v) is 5.26. The Balaban J connectivity index is 2.06. The lowest BCUT2D eigenvalue weighted by atomic mass is 9.74. The molecule has 1 aliphatic rings. The van der Waals surface area contributed by atoms with Crippen LogP contribution in [-0.2, 0) is 12.6 Å². The standard InChI is InChI=1S/C23H31F6NS/c1-14(2)19(9-10-22(24,25)26)17-11-15(3)30-18(13-17)7-5-16-6-8-21(31-4)20(12-16)23(27,28)29/h6,8,12,15,17-19,30H,1,5,7,9-11,13H2,2-4H3. The number of halogens is 6. The summed E-state index contributed by atoms with van der Waals surface area (Å²) < 4.78 is 78.2. The number of nitrogens with one attached hydrogen (secondary N) is 1. The SMILES string of the molecule is C=C(C)C(CCC(F)(F)F)C1CC(C)NC(CCc2ccc(SC)c(C(F)(F)F)c2)C1. The number of thioether (sulfide) groups is 1. The number of aryl methyl sites for hydroxylation is 1. The second-order valence-electron chi connectivity index (χ2n) is 8.67. The molecule has 176 valence electrons. The van der Waals surface area contributed by atoms with E-state index in [1.807, 2.05) is 6.92 Å². The Morgan fingerprint density at radius 3 is 2.42 bits per heavy atom. The van der Waals surface area contributed by atoms with Gasteiger partial charge in [-0.3, -0.25) is 0 Å². The molecule has 31 heavy (non-hydrogen) atoms. The molecule has 1 aromatic rings. The Morgan fingerprint density at radius 1 is 1.19 bits per heavy atom. The maximum absolute atomic E-state index is 13.3. The van der Waals surface area contributed by atoms with Crippen LogP contribution in [0.3, 0.4) is 0 Å². The van der Waals surface area contributed by atoms with Crippen LogP contribution < -0.4 is 5.32 Å². The van der Waals surface area contributed by atoms with Gasteiger partial charge in [0.05, 0.1) is 5.56 Å². The van der Waals surface area contributed by atoms with Crippen LogP contribution in [0, 0.1) is 11.8 Å². The van der Waals surface area contributed by atoms with Crippen molar-refractivity contribution in [2.75, 3.05) is 6.26 Å². The van der Waals surface area contributed by atoms with Crippen LogP contribution in [0.5, 0.6) is 0 Å².